The number of ether oxygens (including phenoxy) is 1. The lowest BCUT2D eigenvalue weighted by atomic mass is 10.1. The molecule has 0 unspecified atom stereocenters. The van der Waals surface area contributed by atoms with Crippen LogP contribution < -0.4 is 4.74 Å². The molecule has 4 rings (SSSR count). The van der Waals surface area contributed by atoms with Gasteiger partial charge in [0.1, 0.15) is 5.75 Å². The van der Waals surface area contributed by atoms with Gasteiger partial charge in [-0.15, -0.1) is 0 Å². The Bertz CT molecular complexity index is 1050. The van der Waals surface area contributed by atoms with Gasteiger partial charge in [-0.3, -0.25) is 0 Å². The van der Waals surface area contributed by atoms with E-state index < -0.39 is 0 Å². The Hall–Kier alpha value is -3.17. The van der Waals surface area contributed by atoms with Gasteiger partial charge >= 0.3 is 6.01 Å². The monoisotopic (exact) mass is 372 g/mol. The highest BCUT2D eigenvalue weighted by atomic mass is 35.5. The Balaban J connectivity index is 1.78. The molecule has 0 aliphatic carbocycles. The number of aryl methyl sites for hydroxylation is 1. The molecule has 27 heavy (non-hydrogen) atoms. The number of hydrogen-bond acceptors (Lipinski definition) is 3. The number of benzene rings is 3. The molecule has 3 nitrogen and oxygen atoms in total. The van der Waals surface area contributed by atoms with Crippen molar-refractivity contribution in [2.24, 2.45) is 0 Å². The summed E-state index contributed by atoms with van der Waals surface area (Å²) in [4.78, 5) is 9.21. The topological polar surface area (TPSA) is 35.0 Å². The molecule has 0 N–H and O–H groups in total. The van der Waals surface area contributed by atoms with Crippen LogP contribution in [0.2, 0.25) is 5.02 Å². The van der Waals surface area contributed by atoms with E-state index in [9.17, 15) is 0 Å². The maximum absolute atomic E-state index is 5.95. The quantitative estimate of drug-likeness (QED) is 0.406. The van der Waals surface area contributed by atoms with Crippen LogP contribution in [0.15, 0.2) is 84.9 Å². The number of aromatic nitrogens is 2. The van der Waals surface area contributed by atoms with Crippen molar-refractivity contribution in [3.63, 3.8) is 0 Å². The summed E-state index contributed by atoms with van der Waals surface area (Å²) in [5, 5.41) is 0.654. The fourth-order valence-electron chi connectivity index (χ4n) is 2.71. The predicted molar refractivity (Wildman–Crippen MR) is 109 cm³/mol. The lowest BCUT2D eigenvalue weighted by Crippen LogP contribution is -1.96. The van der Waals surface area contributed by atoms with Crippen molar-refractivity contribution in [2.45, 2.75) is 6.92 Å². The van der Waals surface area contributed by atoms with Crippen LogP contribution in [0.25, 0.3) is 22.5 Å². The molecule has 1 heterocycles. The second-order valence-corrected chi connectivity index (χ2v) is 6.65. The number of nitrogens with zero attached hydrogens (tertiary/aromatic N) is 2. The zero-order valence-corrected chi connectivity index (χ0v) is 15.5. The summed E-state index contributed by atoms with van der Waals surface area (Å²) in [6, 6.07) is 27.7. The molecule has 0 saturated carbocycles. The molecular weight excluding hydrogens is 356 g/mol. The predicted octanol–water partition coefficient (Wildman–Crippen LogP) is 6.56. The number of rotatable bonds is 4. The third-order valence-corrected chi connectivity index (χ3v) is 4.40. The maximum atomic E-state index is 5.95. The first-order valence-corrected chi connectivity index (χ1v) is 9.00. The molecule has 132 valence electrons. The second-order valence-electron chi connectivity index (χ2n) is 6.21. The minimum atomic E-state index is 0.300. The SMILES string of the molecule is Cc1ccc(-c2cc(-c3ccccc3)nc(Oc3ccc(Cl)cc3)n2)cc1. The van der Waals surface area contributed by atoms with Crippen molar-refractivity contribution >= 4 is 11.6 Å². The van der Waals surface area contributed by atoms with E-state index in [0.29, 0.717) is 16.8 Å². The van der Waals surface area contributed by atoms with Crippen molar-refractivity contribution in [3.8, 4) is 34.3 Å². The summed E-state index contributed by atoms with van der Waals surface area (Å²) in [7, 11) is 0. The summed E-state index contributed by atoms with van der Waals surface area (Å²) in [5.41, 5.74) is 4.85. The van der Waals surface area contributed by atoms with Crippen LogP contribution in [-0.4, -0.2) is 9.97 Å². The summed E-state index contributed by atoms with van der Waals surface area (Å²) in [6.45, 7) is 2.06. The van der Waals surface area contributed by atoms with Gasteiger partial charge in [0.2, 0.25) is 0 Å². The smallest absolute Gasteiger partial charge is 0.323 e. The van der Waals surface area contributed by atoms with Gasteiger partial charge < -0.3 is 4.74 Å². The summed E-state index contributed by atoms with van der Waals surface area (Å²) in [5.74, 6) is 0.638. The van der Waals surface area contributed by atoms with Crippen LogP contribution in [0.5, 0.6) is 11.8 Å². The molecule has 0 saturated heterocycles. The highest BCUT2D eigenvalue weighted by Crippen LogP contribution is 2.28. The van der Waals surface area contributed by atoms with E-state index in [1.54, 1.807) is 24.3 Å². The van der Waals surface area contributed by atoms with E-state index in [0.717, 1.165) is 22.5 Å². The van der Waals surface area contributed by atoms with Crippen LogP contribution in [-0.2, 0) is 0 Å². The Kier molecular flexibility index (Phi) is 4.86. The highest BCUT2D eigenvalue weighted by Gasteiger charge is 2.10. The minimum Gasteiger partial charge on any atom is -0.424 e. The van der Waals surface area contributed by atoms with Crippen LogP contribution >= 0.6 is 11.6 Å². The average Bonchev–Trinajstić information content (AvgIpc) is 2.71. The van der Waals surface area contributed by atoms with Gasteiger partial charge in [-0.2, -0.15) is 9.97 Å². The molecule has 4 aromatic rings. The van der Waals surface area contributed by atoms with E-state index in [2.05, 4.69) is 41.2 Å². The van der Waals surface area contributed by atoms with Gasteiger partial charge in [0.25, 0.3) is 0 Å². The van der Waals surface area contributed by atoms with Crippen molar-refractivity contribution in [2.75, 3.05) is 0 Å². The molecule has 1 aromatic heterocycles. The Morgan fingerprint density at radius 2 is 1.30 bits per heavy atom. The number of halogens is 1. The standard InChI is InChI=1S/C23H17ClN2O/c1-16-7-9-18(10-8-16)22-15-21(17-5-3-2-4-6-17)25-23(26-22)27-20-13-11-19(24)12-14-20/h2-15H,1H3. The van der Waals surface area contributed by atoms with Crippen LogP contribution in [0, 0.1) is 6.92 Å². The fourth-order valence-corrected chi connectivity index (χ4v) is 2.83. The number of hydrogen-bond donors (Lipinski definition) is 0. The van der Waals surface area contributed by atoms with Crippen molar-refractivity contribution in [1.29, 1.82) is 0 Å². The van der Waals surface area contributed by atoms with E-state index in [1.807, 2.05) is 36.4 Å². The van der Waals surface area contributed by atoms with Gasteiger partial charge in [-0.05, 0) is 37.3 Å². The van der Waals surface area contributed by atoms with Crippen molar-refractivity contribution < 1.29 is 4.74 Å². The Morgan fingerprint density at radius 1 is 0.704 bits per heavy atom. The summed E-state index contributed by atoms with van der Waals surface area (Å²) < 4.78 is 5.90. The lowest BCUT2D eigenvalue weighted by molar-refractivity contribution is 0.443. The molecule has 0 aliphatic heterocycles. The van der Waals surface area contributed by atoms with E-state index in [1.165, 1.54) is 5.56 Å². The largest absolute Gasteiger partial charge is 0.424 e. The summed E-state index contributed by atoms with van der Waals surface area (Å²) >= 11 is 5.95. The first-order valence-electron chi connectivity index (χ1n) is 8.62. The first-order chi connectivity index (χ1) is 13.2. The van der Waals surface area contributed by atoms with Gasteiger partial charge in [0.05, 0.1) is 11.4 Å². The molecule has 0 spiro atoms. The third kappa shape index (κ3) is 4.15. The fraction of sp³-hybridized carbons (Fsp3) is 0.0435. The Labute approximate surface area is 163 Å². The first kappa shape index (κ1) is 17.3. The average molecular weight is 373 g/mol. The molecule has 4 heteroatoms. The minimum absolute atomic E-state index is 0.300. The van der Waals surface area contributed by atoms with Gasteiger partial charge in [0, 0.05) is 16.1 Å². The van der Waals surface area contributed by atoms with E-state index in [4.69, 9.17) is 16.3 Å². The van der Waals surface area contributed by atoms with Crippen molar-refractivity contribution in [3.05, 3.63) is 95.5 Å². The van der Waals surface area contributed by atoms with Gasteiger partial charge in [-0.25, -0.2) is 0 Å². The lowest BCUT2D eigenvalue weighted by Gasteiger charge is -2.10. The van der Waals surface area contributed by atoms with Gasteiger partial charge in [-0.1, -0.05) is 71.8 Å². The molecular formula is C23H17ClN2O. The zero-order valence-electron chi connectivity index (χ0n) is 14.8. The normalized spacial score (nSPS) is 10.6. The molecule has 0 aliphatic rings. The molecule has 3 aromatic carbocycles. The second kappa shape index (κ2) is 7.60. The van der Waals surface area contributed by atoms with Crippen LogP contribution in [0.1, 0.15) is 5.56 Å². The van der Waals surface area contributed by atoms with Crippen molar-refractivity contribution in [1.82, 2.24) is 9.97 Å². The van der Waals surface area contributed by atoms with Crippen LogP contribution in [0.3, 0.4) is 0 Å². The Morgan fingerprint density at radius 3 is 1.93 bits per heavy atom. The van der Waals surface area contributed by atoms with E-state index >= 15 is 0 Å². The zero-order chi connectivity index (χ0) is 18.6. The third-order valence-electron chi connectivity index (χ3n) is 4.15. The summed E-state index contributed by atoms with van der Waals surface area (Å²) in [6.07, 6.45) is 0. The molecule has 0 bridgehead atoms. The maximum Gasteiger partial charge on any atom is 0.323 e. The van der Waals surface area contributed by atoms with Crippen LogP contribution in [0.4, 0.5) is 0 Å². The molecule has 0 atom stereocenters. The molecule has 0 radical (unpaired) electrons. The van der Waals surface area contributed by atoms with Gasteiger partial charge in [0.15, 0.2) is 0 Å². The molecule has 0 amide bonds. The highest BCUT2D eigenvalue weighted by molar-refractivity contribution is 6.30. The van der Waals surface area contributed by atoms with E-state index in [-0.39, 0.29) is 0 Å². The molecule has 0 fully saturated rings.